The van der Waals surface area contributed by atoms with Crippen LogP contribution >= 0.6 is 0 Å². The molecule has 2 rings (SSSR count). The van der Waals surface area contributed by atoms with E-state index in [1.54, 1.807) is 50.6 Å². The first kappa shape index (κ1) is 15.7. The Balaban J connectivity index is 2.06. The summed E-state index contributed by atoms with van der Waals surface area (Å²) in [6, 6.07) is 14.1. The molecule has 0 unspecified atom stereocenters. The van der Waals surface area contributed by atoms with E-state index in [1.807, 2.05) is 12.1 Å². The number of ether oxygens (including phenoxy) is 3. The molecule has 116 valence electrons. The van der Waals surface area contributed by atoms with Gasteiger partial charge in [-0.25, -0.2) is 4.79 Å². The number of methoxy groups -OCH3 is 2. The van der Waals surface area contributed by atoms with Gasteiger partial charge in [-0.05, 0) is 42.0 Å². The van der Waals surface area contributed by atoms with Crippen molar-refractivity contribution >= 4 is 5.97 Å². The predicted octanol–water partition coefficient (Wildman–Crippen LogP) is 2.78. The van der Waals surface area contributed by atoms with Crippen molar-refractivity contribution in [2.45, 2.75) is 12.5 Å². The molecule has 5 heteroatoms. The Morgan fingerprint density at radius 1 is 0.909 bits per heavy atom. The largest absolute Gasteiger partial charge is 0.497 e. The van der Waals surface area contributed by atoms with Gasteiger partial charge in [0.05, 0.1) is 14.2 Å². The van der Waals surface area contributed by atoms with Crippen LogP contribution in [0.3, 0.4) is 0 Å². The molecular formula is C17H18O5. The first-order valence-electron chi connectivity index (χ1n) is 6.79. The molecule has 1 atom stereocenters. The Bertz CT molecular complexity index is 554. The van der Waals surface area contributed by atoms with Crippen LogP contribution in [0.2, 0.25) is 0 Å². The molecule has 2 aromatic rings. The van der Waals surface area contributed by atoms with Gasteiger partial charge in [0.15, 0.2) is 6.10 Å². The molecule has 0 bridgehead atoms. The van der Waals surface area contributed by atoms with Crippen LogP contribution in [0.1, 0.15) is 5.56 Å². The third kappa shape index (κ3) is 4.15. The number of aliphatic carboxylic acids is 1. The summed E-state index contributed by atoms with van der Waals surface area (Å²) in [5.74, 6) is 0.898. The van der Waals surface area contributed by atoms with Crippen molar-refractivity contribution in [3.63, 3.8) is 0 Å². The number of hydrogen-bond donors (Lipinski definition) is 1. The second kappa shape index (κ2) is 7.36. The highest BCUT2D eigenvalue weighted by molar-refractivity contribution is 5.73. The zero-order valence-corrected chi connectivity index (χ0v) is 12.5. The molecule has 2 aromatic carbocycles. The summed E-state index contributed by atoms with van der Waals surface area (Å²) in [6.45, 7) is 0. The van der Waals surface area contributed by atoms with Gasteiger partial charge in [-0.15, -0.1) is 0 Å². The molecular weight excluding hydrogens is 284 g/mol. The predicted molar refractivity (Wildman–Crippen MR) is 81.7 cm³/mol. The Labute approximate surface area is 129 Å². The number of carboxylic acid groups (broad SMARTS) is 1. The van der Waals surface area contributed by atoms with Crippen LogP contribution in [0.5, 0.6) is 17.2 Å². The minimum absolute atomic E-state index is 0.269. The quantitative estimate of drug-likeness (QED) is 0.852. The van der Waals surface area contributed by atoms with Crippen molar-refractivity contribution in [1.29, 1.82) is 0 Å². The molecule has 0 saturated heterocycles. The summed E-state index contributed by atoms with van der Waals surface area (Å²) in [5.41, 5.74) is 0.863. The zero-order valence-electron chi connectivity index (χ0n) is 12.5. The average Bonchev–Trinajstić information content (AvgIpc) is 2.55. The molecule has 5 nitrogen and oxygen atoms in total. The van der Waals surface area contributed by atoms with Gasteiger partial charge in [0.1, 0.15) is 17.2 Å². The maximum atomic E-state index is 11.4. The Kier molecular flexibility index (Phi) is 5.25. The van der Waals surface area contributed by atoms with Crippen LogP contribution in [0.15, 0.2) is 48.5 Å². The molecule has 0 aliphatic heterocycles. The van der Waals surface area contributed by atoms with E-state index < -0.39 is 12.1 Å². The van der Waals surface area contributed by atoms with E-state index in [0.29, 0.717) is 11.5 Å². The van der Waals surface area contributed by atoms with Crippen LogP contribution in [0, 0.1) is 0 Å². The monoisotopic (exact) mass is 302 g/mol. The van der Waals surface area contributed by atoms with Crippen molar-refractivity contribution < 1.29 is 24.1 Å². The Morgan fingerprint density at radius 2 is 1.36 bits per heavy atom. The van der Waals surface area contributed by atoms with Crippen LogP contribution in [0.25, 0.3) is 0 Å². The summed E-state index contributed by atoms with van der Waals surface area (Å²) < 4.78 is 15.7. The van der Waals surface area contributed by atoms with Gasteiger partial charge in [0.2, 0.25) is 0 Å². The number of rotatable bonds is 7. The molecule has 0 amide bonds. The van der Waals surface area contributed by atoms with Gasteiger partial charge >= 0.3 is 5.97 Å². The number of carboxylic acids is 1. The lowest BCUT2D eigenvalue weighted by atomic mass is 10.1. The maximum absolute atomic E-state index is 11.4. The van der Waals surface area contributed by atoms with Gasteiger partial charge in [-0.1, -0.05) is 12.1 Å². The van der Waals surface area contributed by atoms with Gasteiger partial charge in [-0.2, -0.15) is 0 Å². The highest BCUT2D eigenvalue weighted by Crippen LogP contribution is 2.20. The lowest BCUT2D eigenvalue weighted by molar-refractivity contribution is -0.145. The summed E-state index contributed by atoms with van der Waals surface area (Å²) in [7, 11) is 3.15. The van der Waals surface area contributed by atoms with Gasteiger partial charge in [0, 0.05) is 6.42 Å². The fourth-order valence-corrected chi connectivity index (χ4v) is 1.97. The Morgan fingerprint density at radius 3 is 1.82 bits per heavy atom. The first-order valence-corrected chi connectivity index (χ1v) is 6.79. The summed E-state index contributed by atoms with van der Waals surface area (Å²) >= 11 is 0. The number of hydrogen-bond acceptors (Lipinski definition) is 4. The smallest absolute Gasteiger partial charge is 0.345 e. The van der Waals surface area contributed by atoms with E-state index >= 15 is 0 Å². The van der Waals surface area contributed by atoms with E-state index in [2.05, 4.69) is 0 Å². The van der Waals surface area contributed by atoms with Crippen LogP contribution in [-0.4, -0.2) is 31.4 Å². The standard InChI is InChI=1S/C17H18O5/c1-20-13-5-3-12(4-6-13)11-16(17(18)19)22-15-9-7-14(21-2)8-10-15/h3-10,16H,11H2,1-2H3,(H,18,19)/t16-/m0/s1. The summed E-state index contributed by atoms with van der Waals surface area (Å²) in [5, 5.41) is 9.32. The fourth-order valence-electron chi connectivity index (χ4n) is 1.97. The molecule has 0 aliphatic rings. The summed E-state index contributed by atoms with van der Waals surface area (Å²) in [4.78, 5) is 11.4. The molecule has 0 saturated carbocycles. The van der Waals surface area contributed by atoms with E-state index in [0.717, 1.165) is 11.3 Å². The second-order valence-corrected chi connectivity index (χ2v) is 4.67. The molecule has 1 N–H and O–H groups in total. The lowest BCUT2D eigenvalue weighted by Crippen LogP contribution is -2.29. The molecule has 0 heterocycles. The third-order valence-corrected chi connectivity index (χ3v) is 3.19. The van der Waals surface area contributed by atoms with Gasteiger partial charge in [-0.3, -0.25) is 0 Å². The van der Waals surface area contributed by atoms with Gasteiger partial charge in [0.25, 0.3) is 0 Å². The second-order valence-electron chi connectivity index (χ2n) is 4.67. The highest BCUT2D eigenvalue weighted by atomic mass is 16.5. The van der Waals surface area contributed by atoms with Gasteiger partial charge < -0.3 is 19.3 Å². The molecule has 0 fully saturated rings. The minimum atomic E-state index is -1.01. The van der Waals surface area contributed by atoms with Crippen molar-refractivity contribution in [2.24, 2.45) is 0 Å². The molecule has 0 spiro atoms. The minimum Gasteiger partial charge on any atom is -0.497 e. The SMILES string of the molecule is COc1ccc(C[C@H](Oc2ccc(OC)cc2)C(=O)O)cc1. The van der Waals surface area contributed by atoms with E-state index in [9.17, 15) is 9.90 Å². The van der Waals surface area contributed by atoms with E-state index in [4.69, 9.17) is 14.2 Å². The average molecular weight is 302 g/mol. The van der Waals surface area contributed by atoms with E-state index in [1.165, 1.54) is 0 Å². The highest BCUT2D eigenvalue weighted by Gasteiger charge is 2.20. The van der Waals surface area contributed by atoms with Crippen molar-refractivity contribution in [1.82, 2.24) is 0 Å². The molecule has 0 aromatic heterocycles. The fraction of sp³-hybridized carbons (Fsp3) is 0.235. The zero-order chi connectivity index (χ0) is 15.9. The molecule has 22 heavy (non-hydrogen) atoms. The van der Waals surface area contributed by atoms with Crippen LogP contribution in [-0.2, 0) is 11.2 Å². The topological polar surface area (TPSA) is 65.0 Å². The molecule has 0 radical (unpaired) electrons. The lowest BCUT2D eigenvalue weighted by Gasteiger charge is -2.15. The first-order chi connectivity index (χ1) is 10.6. The van der Waals surface area contributed by atoms with E-state index in [-0.39, 0.29) is 6.42 Å². The maximum Gasteiger partial charge on any atom is 0.345 e. The summed E-state index contributed by atoms with van der Waals surface area (Å²) in [6.07, 6.45) is -0.687. The Hall–Kier alpha value is -2.69. The van der Waals surface area contributed by atoms with Crippen molar-refractivity contribution in [2.75, 3.05) is 14.2 Å². The van der Waals surface area contributed by atoms with Crippen LogP contribution in [0.4, 0.5) is 0 Å². The van der Waals surface area contributed by atoms with Crippen molar-refractivity contribution in [3.05, 3.63) is 54.1 Å². The molecule has 0 aliphatic carbocycles. The number of carbonyl (C=O) groups is 1. The third-order valence-electron chi connectivity index (χ3n) is 3.19. The number of benzene rings is 2. The van der Waals surface area contributed by atoms with Crippen LogP contribution < -0.4 is 14.2 Å². The van der Waals surface area contributed by atoms with Crippen molar-refractivity contribution in [3.8, 4) is 17.2 Å². The normalized spacial score (nSPS) is 11.5.